The second-order valence-electron chi connectivity index (χ2n) is 15.1. The van der Waals surface area contributed by atoms with Gasteiger partial charge in [-0.15, -0.1) is 0 Å². The van der Waals surface area contributed by atoms with Crippen molar-refractivity contribution in [2.45, 2.75) is 57.3 Å². The number of likely N-dealkylation sites (tertiary alicyclic amines) is 1. The van der Waals surface area contributed by atoms with E-state index < -0.39 is 0 Å². The number of aryl methyl sites for hydroxylation is 1. The van der Waals surface area contributed by atoms with Crippen LogP contribution in [0.25, 0.3) is 33.5 Å². The molecule has 0 radical (unpaired) electrons. The maximum absolute atomic E-state index is 11.8. The Balaban J connectivity index is 0.919. The van der Waals surface area contributed by atoms with Crippen molar-refractivity contribution >= 4 is 46.2 Å². The van der Waals surface area contributed by atoms with Gasteiger partial charge in [-0.25, -0.2) is 14.6 Å². The molecule has 15 heteroatoms. The van der Waals surface area contributed by atoms with Crippen molar-refractivity contribution in [2.75, 3.05) is 33.3 Å². The van der Waals surface area contributed by atoms with E-state index in [4.69, 9.17) is 52.7 Å². The van der Waals surface area contributed by atoms with Gasteiger partial charge in [0.15, 0.2) is 10.8 Å². The van der Waals surface area contributed by atoms with Gasteiger partial charge in [0.05, 0.1) is 17.8 Å². The van der Waals surface area contributed by atoms with E-state index in [2.05, 4.69) is 33.0 Å². The molecule has 5 aromatic rings. The van der Waals surface area contributed by atoms with Crippen LogP contribution in [0.4, 0.5) is 0 Å². The average Bonchev–Trinajstić information content (AvgIpc) is 3.95. The monoisotopic (exact) mass is 781 g/mol. The number of hydrogen-bond acceptors (Lipinski definition) is 10. The van der Waals surface area contributed by atoms with Gasteiger partial charge in [0.1, 0.15) is 17.3 Å². The van der Waals surface area contributed by atoms with Crippen LogP contribution < -0.4 is 25.4 Å². The number of benzene rings is 2. The number of fused-ring (bicyclic) bond motifs is 2. The molecule has 3 aliphatic heterocycles. The van der Waals surface area contributed by atoms with Crippen molar-refractivity contribution in [3.63, 3.8) is 0 Å². The molecule has 0 saturated carbocycles. The van der Waals surface area contributed by atoms with Crippen LogP contribution in [0.15, 0.2) is 48.5 Å². The largest absolute Gasteiger partial charge is 0.481 e. The number of aromatic nitrogens is 5. The van der Waals surface area contributed by atoms with E-state index >= 15 is 0 Å². The van der Waals surface area contributed by atoms with Crippen LogP contribution in [0.5, 0.6) is 11.8 Å². The highest BCUT2D eigenvalue weighted by molar-refractivity contribution is 6.36. The molecule has 4 aliphatic rings. The highest BCUT2D eigenvalue weighted by atomic mass is 35.5. The quantitative estimate of drug-likeness (QED) is 0.164. The summed E-state index contributed by atoms with van der Waals surface area (Å²) >= 11 is 14.0. The van der Waals surface area contributed by atoms with Gasteiger partial charge in [-0.2, -0.15) is 10.1 Å². The van der Waals surface area contributed by atoms with Crippen molar-refractivity contribution < 1.29 is 19.1 Å². The van der Waals surface area contributed by atoms with Gasteiger partial charge in [-0.3, -0.25) is 14.5 Å². The van der Waals surface area contributed by atoms with E-state index in [1.165, 1.54) is 0 Å². The van der Waals surface area contributed by atoms with Crippen LogP contribution in [0, 0.1) is 5.41 Å². The van der Waals surface area contributed by atoms with Crippen LogP contribution >= 0.6 is 23.2 Å². The SMILES string of the molecule is COc1nc(-c2cccc(-c3cccc4c3CC[C@@H]4Oc3nc4c(nc3Cl)c(CN3CC5(CNC(=O)C5)C3)nn4C)c2Cl)ccc1CNC[C@@H]1CCC(=O)N1. The van der Waals surface area contributed by atoms with E-state index in [-0.39, 0.29) is 40.4 Å². The third-order valence-electron chi connectivity index (χ3n) is 11.3. The zero-order valence-electron chi connectivity index (χ0n) is 30.6. The first-order valence-electron chi connectivity index (χ1n) is 18.7. The lowest BCUT2D eigenvalue weighted by molar-refractivity contribution is -0.121. The number of pyridine rings is 1. The van der Waals surface area contributed by atoms with Gasteiger partial charge in [0.25, 0.3) is 5.88 Å². The van der Waals surface area contributed by atoms with Gasteiger partial charge in [-0.1, -0.05) is 65.7 Å². The summed E-state index contributed by atoms with van der Waals surface area (Å²) in [5.74, 6) is 1.03. The predicted molar refractivity (Wildman–Crippen MR) is 208 cm³/mol. The number of amides is 2. The van der Waals surface area contributed by atoms with Gasteiger partial charge in [-0.05, 0) is 42.0 Å². The van der Waals surface area contributed by atoms with Crippen LogP contribution in [-0.2, 0) is 36.1 Å². The Kier molecular flexibility index (Phi) is 9.36. The number of carbonyl (C=O) groups excluding carboxylic acids is 2. The fourth-order valence-electron chi connectivity index (χ4n) is 8.67. The molecule has 13 nitrogen and oxygen atoms in total. The normalized spacial score (nSPS) is 20.1. The molecule has 1 spiro atoms. The van der Waals surface area contributed by atoms with Crippen LogP contribution in [-0.4, -0.2) is 80.8 Å². The second kappa shape index (κ2) is 14.4. The van der Waals surface area contributed by atoms with Crippen LogP contribution in [0.2, 0.25) is 10.2 Å². The first kappa shape index (κ1) is 35.9. The van der Waals surface area contributed by atoms with Gasteiger partial charge < -0.3 is 25.4 Å². The molecule has 3 fully saturated rings. The Labute approximate surface area is 328 Å². The first-order chi connectivity index (χ1) is 26.7. The number of methoxy groups -OCH3 is 1. The number of rotatable bonds is 11. The summed E-state index contributed by atoms with van der Waals surface area (Å²) in [4.78, 5) is 40.0. The van der Waals surface area contributed by atoms with Crippen molar-refractivity contribution in [1.82, 2.24) is 45.6 Å². The van der Waals surface area contributed by atoms with E-state index in [1.54, 1.807) is 11.8 Å². The fourth-order valence-corrected chi connectivity index (χ4v) is 9.17. The number of halogens is 2. The van der Waals surface area contributed by atoms with Crippen LogP contribution in [0.3, 0.4) is 0 Å². The number of nitrogens with zero attached hydrogens (tertiary/aromatic N) is 6. The predicted octanol–water partition coefficient (Wildman–Crippen LogP) is 5.16. The maximum Gasteiger partial charge on any atom is 0.254 e. The van der Waals surface area contributed by atoms with Gasteiger partial charge in [0, 0.05) is 87.3 Å². The summed E-state index contributed by atoms with van der Waals surface area (Å²) in [6.45, 7) is 4.26. The number of carbonyl (C=O) groups is 2. The average molecular weight is 783 g/mol. The third-order valence-corrected chi connectivity index (χ3v) is 12.0. The molecule has 6 heterocycles. The molecular formula is C40H41Cl2N9O4. The summed E-state index contributed by atoms with van der Waals surface area (Å²) < 4.78 is 13.9. The standard InChI is InChI=1S/C40H41Cl2N9O4/c1-50-37-35(30(49-50)18-51-20-40(21-51)15-33(53)44-19-40)47-36(42)39(48-37)55-31-13-11-25-24(5-3-6-26(25)31)27-7-4-8-28(34(27)41)29-12-9-22(38(46-29)54-2)16-43-17-23-10-14-32(52)45-23/h3-9,12,23,31,43H,10-11,13-21H2,1-2H3,(H,44,53)(H,45,52)/t23-,31-/m0/s1. The Hall–Kier alpha value is -4.82. The van der Waals surface area contributed by atoms with E-state index in [1.807, 2.05) is 43.4 Å². The Morgan fingerprint density at radius 2 is 1.76 bits per heavy atom. The first-order valence-corrected chi connectivity index (χ1v) is 19.4. The lowest BCUT2D eigenvalue weighted by Gasteiger charge is -2.46. The molecule has 284 valence electrons. The molecule has 1 aliphatic carbocycles. The summed E-state index contributed by atoms with van der Waals surface area (Å²) in [6.07, 6.45) is 3.25. The van der Waals surface area contributed by atoms with Crippen molar-refractivity contribution in [3.05, 3.63) is 81.1 Å². The number of ether oxygens (including phenoxy) is 2. The lowest BCUT2D eigenvalue weighted by atomic mass is 9.79. The van der Waals surface area contributed by atoms with Crippen molar-refractivity contribution in [3.8, 4) is 34.1 Å². The van der Waals surface area contributed by atoms with E-state index in [0.717, 1.165) is 78.0 Å². The second-order valence-corrected chi connectivity index (χ2v) is 15.9. The van der Waals surface area contributed by atoms with E-state index in [9.17, 15) is 9.59 Å². The zero-order valence-corrected chi connectivity index (χ0v) is 32.1. The lowest BCUT2D eigenvalue weighted by Crippen LogP contribution is -2.56. The van der Waals surface area contributed by atoms with E-state index in [0.29, 0.717) is 60.2 Å². The molecule has 0 bridgehead atoms. The number of hydrogen-bond donors (Lipinski definition) is 3. The maximum atomic E-state index is 11.8. The summed E-state index contributed by atoms with van der Waals surface area (Å²) in [5.41, 5.74) is 8.69. The highest BCUT2D eigenvalue weighted by Crippen LogP contribution is 2.45. The van der Waals surface area contributed by atoms with Crippen molar-refractivity contribution in [2.24, 2.45) is 12.5 Å². The Morgan fingerprint density at radius 1 is 0.945 bits per heavy atom. The minimum atomic E-state index is -0.272. The molecule has 2 amide bonds. The topological polar surface area (TPSA) is 148 Å². The molecule has 3 N–H and O–H groups in total. The molecular weight excluding hydrogens is 741 g/mol. The number of nitrogens with one attached hydrogen (secondary N) is 3. The third kappa shape index (κ3) is 6.77. The summed E-state index contributed by atoms with van der Waals surface area (Å²) in [5, 5.41) is 14.9. The zero-order chi connectivity index (χ0) is 37.8. The molecule has 3 saturated heterocycles. The molecule has 3 aromatic heterocycles. The Bertz CT molecular complexity index is 2340. The smallest absolute Gasteiger partial charge is 0.254 e. The van der Waals surface area contributed by atoms with Crippen molar-refractivity contribution in [1.29, 1.82) is 0 Å². The molecule has 55 heavy (non-hydrogen) atoms. The Morgan fingerprint density at radius 3 is 2.55 bits per heavy atom. The molecule has 9 rings (SSSR count). The fraction of sp³-hybridized carbons (Fsp3) is 0.400. The molecule has 0 unspecified atom stereocenters. The van der Waals surface area contributed by atoms with Gasteiger partial charge >= 0.3 is 0 Å². The molecule has 2 aromatic carbocycles. The summed E-state index contributed by atoms with van der Waals surface area (Å²) in [6, 6.07) is 16.3. The molecule has 2 atom stereocenters. The minimum absolute atomic E-state index is 0.0333. The van der Waals surface area contributed by atoms with Gasteiger partial charge in [0.2, 0.25) is 17.7 Å². The highest BCUT2D eigenvalue weighted by Gasteiger charge is 2.48. The van der Waals surface area contributed by atoms with Crippen LogP contribution in [0.1, 0.15) is 54.2 Å². The minimum Gasteiger partial charge on any atom is -0.481 e. The summed E-state index contributed by atoms with van der Waals surface area (Å²) in [7, 11) is 3.46.